The Balaban J connectivity index is 0.000000236. The van der Waals surface area contributed by atoms with Crippen molar-refractivity contribution >= 4 is 0 Å². The number of aromatic nitrogens is 1. The first-order valence-electron chi connectivity index (χ1n) is 8.07. The average Bonchev–Trinajstić information content (AvgIpc) is 2.69. The summed E-state index contributed by atoms with van der Waals surface area (Å²) in [7, 11) is 0. The molecule has 3 rings (SSSR count). The van der Waals surface area contributed by atoms with Gasteiger partial charge in [0.1, 0.15) is 18.4 Å². The van der Waals surface area contributed by atoms with Crippen molar-refractivity contribution in [2.45, 2.75) is 6.42 Å². The monoisotopic (exact) mass is 331 g/mol. The smallest absolute Gasteiger partial charge is 0.119 e. The number of rotatable bonds is 5. The predicted octanol–water partition coefficient (Wildman–Crippen LogP) is 3.57. The highest BCUT2D eigenvalue weighted by atomic mass is 16.5. The molecule has 0 bridgehead atoms. The molecule has 0 radical (unpaired) electrons. The van der Waals surface area contributed by atoms with Gasteiger partial charge in [-0.15, -0.1) is 0 Å². The molecule has 0 unspecified atom stereocenters. The van der Waals surface area contributed by atoms with Gasteiger partial charge < -0.3 is 10.5 Å². The first kappa shape index (κ1) is 18.2. The molecule has 1 heterocycles. The molecule has 2 aromatic carbocycles. The number of hydrogen-bond donors (Lipinski definition) is 1. The Bertz CT molecular complexity index is 766. The molecule has 4 heteroatoms. The number of benzene rings is 2. The lowest BCUT2D eigenvalue weighted by molar-refractivity contribution is 0.328. The van der Waals surface area contributed by atoms with Crippen molar-refractivity contribution in [3.63, 3.8) is 0 Å². The van der Waals surface area contributed by atoms with Crippen molar-refractivity contribution in [3.8, 4) is 11.8 Å². The summed E-state index contributed by atoms with van der Waals surface area (Å²) in [6.07, 6.45) is 4.12. The van der Waals surface area contributed by atoms with E-state index in [4.69, 9.17) is 15.7 Å². The summed E-state index contributed by atoms with van der Waals surface area (Å²) in [5.74, 6) is 0.882. The lowest BCUT2D eigenvalue weighted by Crippen LogP contribution is -2.10. The molecule has 25 heavy (non-hydrogen) atoms. The summed E-state index contributed by atoms with van der Waals surface area (Å²) in [5, 5.41) is 8.25. The van der Waals surface area contributed by atoms with Crippen LogP contribution in [0.15, 0.2) is 79.1 Å². The molecule has 126 valence electrons. The molecular formula is C21H21N3O. The van der Waals surface area contributed by atoms with Crippen LogP contribution in [0.5, 0.6) is 5.75 Å². The number of nitriles is 1. The van der Waals surface area contributed by atoms with Crippen molar-refractivity contribution in [2.75, 3.05) is 13.2 Å². The predicted molar refractivity (Wildman–Crippen MR) is 99.2 cm³/mol. The van der Waals surface area contributed by atoms with E-state index in [9.17, 15) is 0 Å². The maximum Gasteiger partial charge on any atom is 0.119 e. The zero-order chi connectivity index (χ0) is 17.7. The van der Waals surface area contributed by atoms with Gasteiger partial charge >= 0.3 is 0 Å². The minimum Gasteiger partial charge on any atom is -0.492 e. The Kier molecular flexibility index (Phi) is 7.70. The van der Waals surface area contributed by atoms with Gasteiger partial charge in [-0.3, -0.25) is 4.98 Å². The molecular weight excluding hydrogens is 310 g/mol. The molecule has 0 aliphatic rings. The standard InChI is InChI=1S/C15H17NO.C6H4N2/c16-10-11-17-15-8-6-14(7-9-15)12-13-4-2-1-3-5-13;7-4-6-2-1-3-8-5-6/h1-9H,10-12,16H2;1-3,5H. The molecule has 0 spiro atoms. The van der Waals surface area contributed by atoms with Gasteiger partial charge in [0.05, 0.1) is 5.56 Å². The van der Waals surface area contributed by atoms with E-state index < -0.39 is 0 Å². The van der Waals surface area contributed by atoms with E-state index in [1.54, 1.807) is 18.3 Å². The zero-order valence-corrected chi connectivity index (χ0v) is 14.0. The second kappa shape index (κ2) is 10.6. The van der Waals surface area contributed by atoms with E-state index in [2.05, 4.69) is 41.4 Å². The Hall–Kier alpha value is -3.16. The average molecular weight is 331 g/mol. The van der Waals surface area contributed by atoms with Crippen molar-refractivity contribution in [3.05, 3.63) is 95.8 Å². The van der Waals surface area contributed by atoms with Crippen molar-refractivity contribution in [1.82, 2.24) is 4.98 Å². The van der Waals surface area contributed by atoms with Gasteiger partial charge in [-0.05, 0) is 41.8 Å². The van der Waals surface area contributed by atoms with Gasteiger partial charge in [-0.1, -0.05) is 42.5 Å². The highest BCUT2D eigenvalue weighted by Gasteiger charge is 1.97. The van der Waals surface area contributed by atoms with Crippen LogP contribution in [0.4, 0.5) is 0 Å². The summed E-state index contributed by atoms with van der Waals surface area (Å²) in [4.78, 5) is 3.73. The first-order chi connectivity index (χ1) is 12.3. The zero-order valence-electron chi connectivity index (χ0n) is 14.0. The largest absolute Gasteiger partial charge is 0.492 e. The van der Waals surface area contributed by atoms with E-state index in [-0.39, 0.29) is 0 Å². The van der Waals surface area contributed by atoms with Crippen molar-refractivity contribution in [1.29, 1.82) is 5.26 Å². The van der Waals surface area contributed by atoms with Crippen LogP contribution in [0, 0.1) is 11.3 Å². The second-order valence-electron chi connectivity index (χ2n) is 5.30. The number of pyridine rings is 1. The maximum atomic E-state index is 8.25. The molecule has 0 aliphatic carbocycles. The van der Waals surface area contributed by atoms with E-state index in [1.807, 2.05) is 24.3 Å². The van der Waals surface area contributed by atoms with Crippen LogP contribution < -0.4 is 10.5 Å². The Labute approximate surface area is 148 Å². The van der Waals surface area contributed by atoms with E-state index >= 15 is 0 Å². The quantitative estimate of drug-likeness (QED) is 0.776. The van der Waals surface area contributed by atoms with Gasteiger partial charge in [-0.2, -0.15) is 5.26 Å². The molecule has 0 aliphatic heterocycles. The maximum absolute atomic E-state index is 8.25. The van der Waals surface area contributed by atoms with Gasteiger partial charge in [0.25, 0.3) is 0 Å². The molecule has 3 aromatic rings. The fourth-order valence-electron chi connectivity index (χ4n) is 2.14. The lowest BCUT2D eigenvalue weighted by Gasteiger charge is -2.06. The van der Waals surface area contributed by atoms with Crippen LogP contribution in [0.3, 0.4) is 0 Å². The molecule has 0 saturated carbocycles. The third-order valence-corrected chi connectivity index (χ3v) is 3.35. The summed E-state index contributed by atoms with van der Waals surface area (Å²) in [5.41, 5.74) is 8.60. The molecule has 2 N–H and O–H groups in total. The summed E-state index contributed by atoms with van der Waals surface area (Å²) >= 11 is 0. The Morgan fingerprint density at radius 2 is 1.64 bits per heavy atom. The number of nitrogens with zero attached hydrogens (tertiary/aromatic N) is 2. The number of ether oxygens (including phenoxy) is 1. The third kappa shape index (κ3) is 6.86. The van der Waals surface area contributed by atoms with Crippen LogP contribution in [0.1, 0.15) is 16.7 Å². The SMILES string of the molecule is N#Cc1cccnc1.NCCOc1ccc(Cc2ccccc2)cc1. The second-order valence-corrected chi connectivity index (χ2v) is 5.30. The normalized spacial score (nSPS) is 9.44. The van der Waals surface area contributed by atoms with Crippen LogP contribution in [-0.4, -0.2) is 18.1 Å². The number of nitrogens with two attached hydrogens (primary N) is 1. The molecule has 0 atom stereocenters. The fourth-order valence-corrected chi connectivity index (χ4v) is 2.14. The Morgan fingerprint density at radius 1 is 0.920 bits per heavy atom. The third-order valence-electron chi connectivity index (χ3n) is 3.35. The highest BCUT2D eigenvalue weighted by molar-refractivity contribution is 5.31. The summed E-state index contributed by atoms with van der Waals surface area (Å²) < 4.78 is 5.44. The first-order valence-corrected chi connectivity index (χ1v) is 8.07. The van der Waals surface area contributed by atoms with E-state index in [1.165, 1.54) is 17.3 Å². The minimum atomic E-state index is 0.547. The van der Waals surface area contributed by atoms with Crippen LogP contribution in [0.25, 0.3) is 0 Å². The molecule has 0 fully saturated rings. The highest BCUT2D eigenvalue weighted by Crippen LogP contribution is 2.15. The van der Waals surface area contributed by atoms with Crippen molar-refractivity contribution < 1.29 is 4.74 Å². The summed E-state index contributed by atoms with van der Waals surface area (Å²) in [6.45, 7) is 1.11. The van der Waals surface area contributed by atoms with Gasteiger partial charge in [-0.25, -0.2) is 0 Å². The molecule has 0 saturated heterocycles. The van der Waals surface area contributed by atoms with Gasteiger partial charge in [0.15, 0.2) is 0 Å². The molecule has 4 nitrogen and oxygen atoms in total. The number of hydrogen-bond acceptors (Lipinski definition) is 4. The van der Waals surface area contributed by atoms with Crippen LogP contribution >= 0.6 is 0 Å². The molecule has 0 amide bonds. The van der Waals surface area contributed by atoms with E-state index in [0.29, 0.717) is 18.7 Å². The topological polar surface area (TPSA) is 71.9 Å². The summed E-state index contributed by atoms with van der Waals surface area (Å²) in [6, 6.07) is 24.0. The lowest BCUT2D eigenvalue weighted by atomic mass is 10.1. The molecule has 1 aromatic heterocycles. The van der Waals surface area contributed by atoms with Crippen LogP contribution in [-0.2, 0) is 6.42 Å². The van der Waals surface area contributed by atoms with Gasteiger partial charge in [0, 0.05) is 18.9 Å². The Morgan fingerprint density at radius 3 is 2.20 bits per heavy atom. The van der Waals surface area contributed by atoms with Gasteiger partial charge in [0.2, 0.25) is 0 Å². The minimum absolute atomic E-state index is 0.547. The van der Waals surface area contributed by atoms with Crippen LogP contribution in [0.2, 0.25) is 0 Å². The van der Waals surface area contributed by atoms with E-state index in [0.717, 1.165) is 12.2 Å². The fraction of sp³-hybridized carbons (Fsp3) is 0.143. The van der Waals surface area contributed by atoms with Crippen molar-refractivity contribution in [2.24, 2.45) is 5.73 Å².